The minimum absolute atomic E-state index is 0. The molecule has 396 valence electrons. The Morgan fingerprint density at radius 2 is 0.195 bits per heavy atom. The molecule has 0 fully saturated rings. The monoisotopic (exact) mass is 1240 g/mol. The third kappa shape index (κ3) is 17.6. The molecule has 82 heavy (non-hydrogen) atoms. The maximum atomic E-state index is 5.49. The summed E-state index contributed by atoms with van der Waals surface area (Å²) in [5.41, 5.74) is 0. The van der Waals surface area contributed by atoms with Crippen molar-refractivity contribution in [1.82, 2.24) is 0 Å². The third-order valence-electron chi connectivity index (χ3n) is 12.5. The first-order valence-electron chi connectivity index (χ1n) is 26.8. The molecular formula is C72H60N3P6Y. The standard InChI is InChI=1S/3C24H20NP2.Y/c3*1-5-13-21(14-6-1)26(22-15-7-2-8-16-22)25-27(23-17-9-3-10-18-23)24-19-11-4-12-20-24;/h3*1-20H;/q3*-1;+3. The number of rotatable bonds is 18. The molecule has 0 aliphatic rings. The molecule has 0 saturated heterocycles. The molecule has 0 heterocycles. The molecule has 3 nitrogen and oxygen atoms in total. The van der Waals surface area contributed by atoms with Gasteiger partial charge in [0.25, 0.3) is 0 Å². The van der Waals surface area contributed by atoms with Gasteiger partial charge in [0, 0.05) is 0 Å². The molecule has 0 radical (unpaired) electrons. The van der Waals surface area contributed by atoms with Crippen molar-refractivity contribution in [1.29, 1.82) is 0 Å². The fourth-order valence-electron chi connectivity index (χ4n) is 8.61. The van der Waals surface area contributed by atoms with Crippen molar-refractivity contribution in [3.05, 3.63) is 379 Å². The Morgan fingerprint density at radius 3 is 0.268 bits per heavy atom. The van der Waals surface area contributed by atoms with E-state index in [-0.39, 0.29) is 32.7 Å². The van der Waals surface area contributed by atoms with E-state index in [4.69, 9.17) is 14.6 Å². The summed E-state index contributed by atoms with van der Waals surface area (Å²) in [6, 6.07) is 128. The largest absolute Gasteiger partial charge is 3.00 e. The Morgan fingerprint density at radius 1 is 0.122 bits per heavy atom. The van der Waals surface area contributed by atoms with Crippen LogP contribution in [0.3, 0.4) is 0 Å². The van der Waals surface area contributed by atoms with E-state index in [9.17, 15) is 0 Å². The van der Waals surface area contributed by atoms with E-state index in [1.165, 1.54) is 63.7 Å². The van der Waals surface area contributed by atoms with Gasteiger partial charge < -0.3 is 14.6 Å². The second kappa shape index (κ2) is 33.5. The molecule has 12 aromatic rings. The van der Waals surface area contributed by atoms with Crippen molar-refractivity contribution in [3.8, 4) is 0 Å². The second-order valence-electron chi connectivity index (χ2n) is 18.2. The average molecular weight is 1240 g/mol. The van der Waals surface area contributed by atoms with Gasteiger partial charge in [-0.25, -0.2) is 0 Å². The van der Waals surface area contributed by atoms with Gasteiger partial charge in [0.05, 0.1) is 0 Å². The minimum Gasteiger partial charge on any atom is -0.595 e. The maximum absolute atomic E-state index is 5.49. The van der Waals surface area contributed by atoms with Crippen LogP contribution in [0, 0.1) is 0 Å². The Kier molecular flexibility index (Phi) is 24.8. The summed E-state index contributed by atoms with van der Waals surface area (Å²) in [7, 11) is -4.70. The molecule has 0 atom stereocenters. The number of hydrogen-bond donors (Lipinski definition) is 0. The molecule has 0 bridgehead atoms. The van der Waals surface area contributed by atoms with Crippen LogP contribution in [-0.4, -0.2) is 0 Å². The SMILES string of the molecule is [Y+3].c1ccc(P([N-]P(c2ccccc2)c2ccccc2)c2ccccc2)cc1.c1ccc(P([N-]P(c2ccccc2)c2ccccc2)c2ccccc2)cc1.c1ccc(P([N-]P(c2ccccc2)c2ccccc2)c2ccccc2)cc1. The molecule has 0 aliphatic heterocycles. The number of nitrogens with zero attached hydrogens (tertiary/aromatic N) is 3. The van der Waals surface area contributed by atoms with E-state index in [1.807, 2.05) is 0 Å². The molecule has 10 heteroatoms. The fourth-order valence-corrected chi connectivity index (χ4v) is 23.0. The zero-order chi connectivity index (χ0) is 54.9. The third-order valence-corrected chi connectivity index (χ3v) is 26.3. The van der Waals surface area contributed by atoms with Gasteiger partial charge in [-0.05, 0) is 63.7 Å². The van der Waals surface area contributed by atoms with Crippen LogP contribution in [0.2, 0.25) is 0 Å². The summed E-state index contributed by atoms with van der Waals surface area (Å²) < 4.78 is 0. The topological polar surface area (TPSA) is 42.3 Å². The molecule has 12 aromatic carbocycles. The van der Waals surface area contributed by atoms with E-state index in [2.05, 4.69) is 364 Å². The molecular weight excluding hydrogens is 1180 g/mol. The molecule has 0 spiro atoms. The Balaban J connectivity index is 0.000000147. The van der Waals surface area contributed by atoms with Crippen molar-refractivity contribution >= 4 is 112 Å². The predicted molar refractivity (Wildman–Crippen MR) is 365 cm³/mol. The van der Waals surface area contributed by atoms with Crippen LogP contribution >= 0.6 is 48.4 Å². The second-order valence-corrected chi connectivity index (χ2v) is 30.3. The first-order chi connectivity index (χ1) is 40.2. The van der Waals surface area contributed by atoms with Crippen LogP contribution in [-0.2, 0) is 32.7 Å². The van der Waals surface area contributed by atoms with E-state index < -0.39 is 48.4 Å². The van der Waals surface area contributed by atoms with Crippen LogP contribution in [0.1, 0.15) is 0 Å². The van der Waals surface area contributed by atoms with Gasteiger partial charge in [-0.1, -0.05) is 364 Å². The summed E-state index contributed by atoms with van der Waals surface area (Å²) in [4.78, 5) is 16.5. The Bertz CT molecular complexity index is 2750. The summed E-state index contributed by atoms with van der Waals surface area (Å²) >= 11 is 0. The summed E-state index contributed by atoms with van der Waals surface area (Å²) in [5, 5.41) is 15.5. The normalized spacial score (nSPS) is 10.9. The summed E-state index contributed by atoms with van der Waals surface area (Å²) in [6.45, 7) is 0. The minimum atomic E-state index is -0.784. The summed E-state index contributed by atoms with van der Waals surface area (Å²) in [6.07, 6.45) is 0. The molecule has 0 aromatic heterocycles. The van der Waals surface area contributed by atoms with Crippen LogP contribution in [0.4, 0.5) is 0 Å². The Labute approximate surface area is 518 Å². The van der Waals surface area contributed by atoms with E-state index in [1.54, 1.807) is 0 Å². The number of benzene rings is 12. The van der Waals surface area contributed by atoms with Crippen molar-refractivity contribution in [3.63, 3.8) is 0 Å². The fraction of sp³-hybridized carbons (Fsp3) is 0. The van der Waals surface area contributed by atoms with Crippen LogP contribution in [0.15, 0.2) is 364 Å². The smallest absolute Gasteiger partial charge is 0.595 e. The van der Waals surface area contributed by atoms with Crippen LogP contribution < -0.4 is 63.7 Å². The molecule has 0 aliphatic carbocycles. The van der Waals surface area contributed by atoms with Gasteiger partial charge in [-0.15, -0.1) is 0 Å². The summed E-state index contributed by atoms with van der Waals surface area (Å²) in [5.74, 6) is 0. The van der Waals surface area contributed by atoms with Crippen LogP contribution in [0.25, 0.3) is 14.6 Å². The molecule has 12 rings (SSSR count). The Hall–Kier alpha value is -5.80. The zero-order valence-corrected chi connectivity index (χ0v) is 53.4. The van der Waals surface area contributed by atoms with Gasteiger partial charge in [0.1, 0.15) is 0 Å². The van der Waals surface area contributed by atoms with E-state index in [0.717, 1.165) is 0 Å². The first-order valence-corrected chi connectivity index (χ1v) is 34.6. The van der Waals surface area contributed by atoms with Crippen molar-refractivity contribution in [2.24, 2.45) is 0 Å². The van der Waals surface area contributed by atoms with Gasteiger partial charge in [0.2, 0.25) is 0 Å². The average Bonchev–Trinajstić information content (AvgIpc) is 3.57. The molecule has 0 amide bonds. The number of hydrogen-bond acceptors (Lipinski definition) is 0. The molecule has 0 N–H and O–H groups in total. The van der Waals surface area contributed by atoms with Gasteiger partial charge in [0.15, 0.2) is 0 Å². The zero-order valence-electron chi connectivity index (χ0n) is 45.2. The van der Waals surface area contributed by atoms with Crippen LogP contribution in [0.5, 0.6) is 0 Å². The van der Waals surface area contributed by atoms with Gasteiger partial charge in [-0.2, -0.15) is 48.4 Å². The molecule has 0 saturated carbocycles. The van der Waals surface area contributed by atoms with Gasteiger partial charge in [-0.3, -0.25) is 0 Å². The first kappa shape index (κ1) is 60.8. The predicted octanol–water partition coefficient (Wildman–Crippen LogP) is 16.4. The maximum Gasteiger partial charge on any atom is 3.00 e. The quantitative estimate of drug-likeness (QED) is 0.0769. The van der Waals surface area contributed by atoms with Crippen molar-refractivity contribution in [2.75, 3.05) is 0 Å². The van der Waals surface area contributed by atoms with E-state index >= 15 is 0 Å². The van der Waals surface area contributed by atoms with Gasteiger partial charge >= 0.3 is 32.7 Å². The van der Waals surface area contributed by atoms with E-state index in [0.29, 0.717) is 0 Å². The van der Waals surface area contributed by atoms with Crippen molar-refractivity contribution in [2.45, 2.75) is 0 Å². The molecule has 0 unspecified atom stereocenters. The van der Waals surface area contributed by atoms with Crippen molar-refractivity contribution < 1.29 is 32.7 Å².